The third-order valence-corrected chi connectivity index (χ3v) is 2.75. The first-order valence-electron chi connectivity index (χ1n) is 7.00. The molecule has 0 radical (unpaired) electrons. The summed E-state index contributed by atoms with van der Waals surface area (Å²) in [6.45, 7) is 3.88. The second-order valence-electron chi connectivity index (χ2n) is 5.03. The molecule has 1 aromatic carbocycles. The van der Waals surface area contributed by atoms with E-state index in [1.54, 1.807) is 42.7 Å². The Morgan fingerprint density at radius 3 is 2.82 bits per heavy atom. The van der Waals surface area contributed by atoms with Crippen LogP contribution in [0.1, 0.15) is 19.4 Å². The molecule has 0 unspecified atom stereocenters. The number of amides is 1. The van der Waals surface area contributed by atoms with Gasteiger partial charge in [0.25, 0.3) is 0 Å². The summed E-state index contributed by atoms with van der Waals surface area (Å²) in [5.74, 6) is 0.418. The van der Waals surface area contributed by atoms with Crippen molar-refractivity contribution in [3.8, 4) is 5.75 Å². The molecule has 0 fully saturated rings. The molecule has 0 bridgehead atoms. The molecule has 0 aliphatic heterocycles. The van der Waals surface area contributed by atoms with Crippen molar-refractivity contribution in [2.45, 2.75) is 20.0 Å². The summed E-state index contributed by atoms with van der Waals surface area (Å²) in [6.07, 6.45) is 6.44. The van der Waals surface area contributed by atoms with Crippen LogP contribution in [0.2, 0.25) is 0 Å². The number of nitrogen functional groups attached to an aromatic ring is 1. The molecule has 1 aromatic heterocycles. The molecule has 2 aromatic rings. The Morgan fingerprint density at radius 1 is 1.36 bits per heavy atom. The maximum Gasteiger partial charge on any atom is 0.248 e. The van der Waals surface area contributed by atoms with Gasteiger partial charge in [0.2, 0.25) is 5.91 Å². The van der Waals surface area contributed by atoms with Crippen molar-refractivity contribution in [3.63, 3.8) is 0 Å². The Balaban J connectivity index is 2.01. The smallest absolute Gasteiger partial charge is 0.248 e. The van der Waals surface area contributed by atoms with Crippen molar-refractivity contribution in [2.24, 2.45) is 0 Å². The van der Waals surface area contributed by atoms with Gasteiger partial charge in [-0.3, -0.25) is 9.78 Å². The fourth-order valence-electron chi connectivity index (χ4n) is 1.82. The van der Waals surface area contributed by atoms with Crippen molar-refractivity contribution < 1.29 is 9.53 Å². The lowest BCUT2D eigenvalue weighted by molar-refractivity contribution is -0.111. The number of nitrogens with one attached hydrogen (secondary N) is 1. The Hall–Kier alpha value is -2.82. The van der Waals surface area contributed by atoms with Crippen molar-refractivity contribution in [1.82, 2.24) is 4.98 Å². The second kappa shape index (κ2) is 7.26. The summed E-state index contributed by atoms with van der Waals surface area (Å²) < 4.78 is 5.57. The van der Waals surface area contributed by atoms with E-state index in [0.29, 0.717) is 17.1 Å². The highest BCUT2D eigenvalue weighted by molar-refractivity contribution is 6.01. The van der Waals surface area contributed by atoms with E-state index in [4.69, 9.17) is 10.5 Å². The third-order valence-electron chi connectivity index (χ3n) is 2.75. The number of aromatic nitrogens is 1. The normalized spacial score (nSPS) is 10.9. The number of carbonyl (C=O) groups excluding carboxylic acids is 1. The Labute approximate surface area is 129 Å². The van der Waals surface area contributed by atoms with E-state index in [-0.39, 0.29) is 12.0 Å². The SMILES string of the molecule is CC(C)Oc1ccc(/C=C\C(=O)Nc2cccnc2)cc1N. The topological polar surface area (TPSA) is 77.2 Å². The largest absolute Gasteiger partial charge is 0.489 e. The van der Waals surface area contributed by atoms with Crippen LogP contribution in [-0.4, -0.2) is 17.0 Å². The number of benzene rings is 1. The maximum atomic E-state index is 11.8. The van der Waals surface area contributed by atoms with Gasteiger partial charge in [-0.05, 0) is 49.8 Å². The highest BCUT2D eigenvalue weighted by Gasteiger charge is 2.03. The van der Waals surface area contributed by atoms with Crippen LogP contribution in [0.25, 0.3) is 6.08 Å². The summed E-state index contributed by atoms with van der Waals surface area (Å²) in [5, 5.41) is 2.72. The van der Waals surface area contributed by atoms with E-state index in [0.717, 1.165) is 5.56 Å². The number of rotatable bonds is 5. The molecule has 2 rings (SSSR count). The highest BCUT2D eigenvalue weighted by atomic mass is 16.5. The van der Waals surface area contributed by atoms with E-state index >= 15 is 0 Å². The van der Waals surface area contributed by atoms with Crippen LogP contribution >= 0.6 is 0 Å². The van der Waals surface area contributed by atoms with Crippen molar-refractivity contribution in [3.05, 3.63) is 54.4 Å². The van der Waals surface area contributed by atoms with Gasteiger partial charge in [0.05, 0.1) is 23.7 Å². The summed E-state index contributed by atoms with van der Waals surface area (Å²) in [6, 6.07) is 8.95. The molecule has 0 atom stereocenters. The van der Waals surface area contributed by atoms with Gasteiger partial charge >= 0.3 is 0 Å². The molecule has 5 nitrogen and oxygen atoms in total. The van der Waals surface area contributed by atoms with Gasteiger partial charge in [-0.2, -0.15) is 0 Å². The summed E-state index contributed by atoms with van der Waals surface area (Å²) >= 11 is 0. The van der Waals surface area contributed by atoms with Crippen LogP contribution in [0, 0.1) is 0 Å². The van der Waals surface area contributed by atoms with Crippen LogP contribution in [0.3, 0.4) is 0 Å². The first kappa shape index (κ1) is 15.6. The summed E-state index contributed by atoms with van der Waals surface area (Å²) in [5.41, 5.74) is 7.96. The lowest BCUT2D eigenvalue weighted by Crippen LogP contribution is -2.08. The molecular formula is C17H19N3O2. The zero-order valence-electron chi connectivity index (χ0n) is 12.6. The Bertz CT molecular complexity index is 667. The molecule has 1 heterocycles. The molecule has 114 valence electrons. The molecule has 5 heteroatoms. The summed E-state index contributed by atoms with van der Waals surface area (Å²) in [4.78, 5) is 15.7. The number of ether oxygens (including phenoxy) is 1. The predicted octanol–water partition coefficient (Wildman–Crippen LogP) is 3.10. The van der Waals surface area contributed by atoms with Gasteiger partial charge in [0, 0.05) is 12.3 Å². The fraction of sp³-hybridized carbons (Fsp3) is 0.176. The van der Waals surface area contributed by atoms with E-state index in [2.05, 4.69) is 10.3 Å². The Kier molecular flexibility index (Phi) is 5.14. The summed E-state index contributed by atoms with van der Waals surface area (Å²) in [7, 11) is 0. The molecule has 0 spiro atoms. The van der Waals surface area contributed by atoms with Crippen LogP contribution in [0.4, 0.5) is 11.4 Å². The van der Waals surface area contributed by atoms with E-state index < -0.39 is 0 Å². The Morgan fingerprint density at radius 2 is 2.18 bits per heavy atom. The molecule has 0 saturated heterocycles. The molecule has 0 saturated carbocycles. The lowest BCUT2D eigenvalue weighted by Gasteiger charge is -2.12. The monoisotopic (exact) mass is 297 g/mol. The fourth-order valence-corrected chi connectivity index (χ4v) is 1.82. The standard InChI is InChI=1S/C17H19N3O2/c1-12(2)22-16-7-5-13(10-15(16)18)6-8-17(21)20-14-4-3-9-19-11-14/h3-12H,18H2,1-2H3,(H,20,21)/b8-6-. The number of nitrogens with two attached hydrogens (primary N) is 1. The van der Waals surface area contributed by atoms with Gasteiger partial charge in [0.15, 0.2) is 0 Å². The van der Waals surface area contributed by atoms with Crippen LogP contribution < -0.4 is 15.8 Å². The number of hydrogen-bond acceptors (Lipinski definition) is 4. The van der Waals surface area contributed by atoms with Gasteiger partial charge < -0.3 is 15.8 Å². The maximum absolute atomic E-state index is 11.8. The molecule has 0 aliphatic carbocycles. The van der Waals surface area contributed by atoms with Gasteiger partial charge in [-0.25, -0.2) is 0 Å². The predicted molar refractivity (Wildman–Crippen MR) is 88.5 cm³/mol. The van der Waals surface area contributed by atoms with Gasteiger partial charge in [-0.15, -0.1) is 0 Å². The van der Waals surface area contributed by atoms with Crippen molar-refractivity contribution in [1.29, 1.82) is 0 Å². The van der Waals surface area contributed by atoms with E-state index in [1.807, 2.05) is 19.9 Å². The van der Waals surface area contributed by atoms with Crippen molar-refractivity contribution in [2.75, 3.05) is 11.1 Å². The quantitative estimate of drug-likeness (QED) is 0.656. The number of nitrogens with zero attached hydrogens (tertiary/aromatic N) is 1. The average Bonchev–Trinajstić information content (AvgIpc) is 2.48. The first-order valence-corrected chi connectivity index (χ1v) is 7.00. The number of pyridine rings is 1. The minimum atomic E-state index is -0.228. The second-order valence-corrected chi connectivity index (χ2v) is 5.03. The molecule has 22 heavy (non-hydrogen) atoms. The molecular weight excluding hydrogens is 278 g/mol. The van der Waals surface area contributed by atoms with Gasteiger partial charge in [-0.1, -0.05) is 6.07 Å². The lowest BCUT2D eigenvalue weighted by atomic mass is 10.1. The van der Waals surface area contributed by atoms with Crippen molar-refractivity contribution >= 4 is 23.4 Å². The van der Waals surface area contributed by atoms with Crippen LogP contribution in [0.5, 0.6) is 5.75 Å². The average molecular weight is 297 g/mol. The third kappa shape index (κ3) is 4.63. The molecule has 1 amide bonds. The number of anilines is 2. The minimum Gasteiger partial charge on any atom is -0.489 e. The molecule has 3 N–H and O–H groups in total. The van der Waals surface area contributed by atoms with E-state index in [9.17, 15) is 4.79 Å². The molecule has 0 aliphatic rings. The number of hydrogen-bond donors (Lipinski definition) is 2. The zero-order chi connectivity index (χ0) is 15.9. The number of carbonyl (C=O) groups is 1. The van der Waals surface area contributed by atoms with E-state index in [1.165, 1.54) is 6.08 Å². The van der Waals surface area contributed by atoms with Gasteiger partial charge in [0.1, 0.15) is 5.75 Å². The minimum absolute atomic E-state index is 0.0638. The van der Waals surface area contributed by atoms with Crippen LogP contribution in [0.15, 0.2) is 48.8 Å². The first-order chi connectivity index (χ1) is 10.5. The zero-order valence-corrected chi connectivity index (χ0v) is 12.6. The van der Waals surface area contributed by atoms with Crippen LogP contribution in [-0.2, 0) is 4.79 Å². The highest BCUT2D eigenvalue weighted by Crippen LogP contribution is 2.24.